The molecule has 1 aromatic carbocycles. The van der Waals surface area contributed by atoms with Gasteiger partial charge in [0.1, 0.15) is 0 Å². The van der Waals surface area contributed by atoms with E-state index in [9.17, 15) is 16.8 Å². The fourth-order valence-corrected chi connectivity index (χ4v) is 3.62. The molecule has 0 radical (unpaired) electrons. The Morgan fingerprint density at radius 3 is 2.43 bits per heavy atom. The van der Waals surface area contributed by atoms with Crippen molar-refractivity contribution in [2.24, 2.45) is 5.14 Å². The van der Waals surface area contributed by atoms with Gasteiger partial charge in [0.15, 0.2) is 5.09 Å². The third-order valence-electron chi connectivity index (χ3n) is 2.28. The lowest BCUT2D eigenvalue weighted by atomic mass is 10.3. The minimum Gasteiger partial charge on any atom is -0.458 e. The molecule has 7 nitrogen and oxygen atoms in total. The first kappa shape index (κ1) is 15.9. The highest BCUT2D eigenvalue weighted by atomic mass is 32.2. The molecule has 0 unspecified atom stereocenters. The van der Waals surface area contributed by atoms with Gasteiger partial charge in [-0.3, -0.25) is 4.72 Å². The van der Waals surface area contributed by atoms with Crippen molar-refractivity contribution in [3.63, 3.8) is 0 Å². The third kappa shape index (κ3) is 4.49. The Morgan fingerprint density at radius 1 is 1.19 bits per heavy atom. The molecule has 0 aliphatic rings. The fraction of sp³-hybridized carbons (Fsp3) is 0.0909. The molecule has 114 valence electrons. The normalized spacial score (nSPS) is 12.3. The second kappa shape index (κ2) is 5.72. The summed E-state index contributed by atoms with van der Waals surface area (Å²) < 4.78 is 52.9. The Labute approximate surface area is 126 Å². The lowest BCUT2D eigenvalue weighted by Gasteiger charge is -2.10. The zero-order valence-corrected chi connectivity index (χ0v) is 13.3. The fourth-order valence-electron chi connectivity index (χ4n) is 1.48. The molecule has 0 saturated carbocycles. The van der Waals surface area contributed by atoms with Gasteiger partial charge in [0, 0.05) is 4.90 Å². The number of primary sulfonamides is 1. The number of sulfonamides is 2. The largest absolute Gasteiger partial charge is 0.458 e. The van der Waals surface area contributed by atoms with Crippen LogP contribution in [0.25, 0.3) is 0 Å². The molecule has 0 aliphatic carbocycles. The van der Waals surface area contributed by atoms with Gasteiger partial charge in [-0.1, -0.05) is 0 Å². The number of hydrogen-bond acceptors (Lipinski definition) is 6. The summed E-state index contributed by atoms with van der Waals surface area (Å²) in [5, 5.41) is 5.56. The van der Waals surface area contributed by atoms with Crippen molar-refractivity contribution in [2.45, 2.75) is 14.9 Å². The molecule has 0 spiro atoms. The second-order valence-electron chi connectivity index (χ2n) is 4.11. The molecule has 0 atom stereocenters. The van der Waals surface area contributed by atoms with Crippen LogP contribution < -0.4 is 9.86 Å². The molecular formula is C11H12N2O5S3. The van der Waals surface area contributed by atoms with Crippen LogP contribution in [0.4, 0.5) is 5.69 Å². The predicted octanol–water partition coefficient (Wildman–Crippen LogP) is 1.45. The van der Waals surface area contributed by atoms with Crippen LogP contribution in [0.3, 0.4) is 0 Å². The van der Waals surface area contributed by atoms with E-state index >= 15 is 0 Å². The van der Waals surface area contributed by atoms with Gasteiger partial charge in [0.2, 0.25) is 20.0 Å². The van der Waals surface area contributed by atoms with E-state index in [0.717, 1.165) is 18.0 Å². The van der Waals surface area contributed by atoms with Crippen LogP contribution in [0.15, 0.2) is 55.9 Å². The molecule has 1 aromatic heterocycles. The van der Waals surface area contributed by atoms with Crippen molar-refractivity contribution in [1.82, 2.24) is 0 Å². The van der Waals surface area contributed by atoms with E-state index < -0.39 is 20.0 Å². The van der Waals surface area contributed by atoms with E-state index in [-0.39, 0.29) is 10.6 Å². The maximum absolute atomic E-state index is 11.4. The topological polar surface area (TPSA) is 119 Å². The SMILES string of the molecule is CS(=O)(=O)Nc1ccc(S(N)(=O)=O)cc1Sc1ccco1. The summed E-state index contributed by atoms with van der Waals surface area (Å²) in [7, 11) is -7.39. The smallest absolute Gasteiger partial charge is 0.238 e. The zero-order chi connectivity index (χ0) is 15.7. The van der Waals surface area contributed by atoms with Gasteiger partial charge in [0.25, 0.3) is 0 Å². The summed E-state index contributed by atoms with van der Waals surface area (Å²) in [6.45, 7) is 0. The number of anilines is 1. The highest BCUT2D eigenvalue weighted by Gasteiger charge is 2.15. The number of hydrogen-bond donors (Lipinski definition) is 2. The summed E-state index contributed by atoms with van der Waals surface area (Å²) in [4.78, 5) is 0.248. The minimum atomic E-state index is -3.89. The van der Waals surface area contributed by atoms with Crippen molar-refractivity contribution >= 4 is 37.5 Å². The second-order valence-corrected chi connectivity index (χ2v) is 8.47. The van der Waals surface area contributed by atoms with Crippen LogP contribution in [-0.2, 0) is 20.0 Å². The van der Waals surface area contributed by atoms with Crippen molar-refractivity contribution < 1.29 is 21.3 Å². The first-order chi connectivity index (χ1) is 9.65. The van der Waals surface area contributed by atoms with Crippen LogP contribution in [0, 0.1) is 0 Å². The molecule has 1 heterocycles. The number of rotatable bonds is 5. The maximum Gasteiger partial charge on any atom is 0.238 e. The molecule has 0 bridgehead atoms. The lowest BCUT2D eigenvalue weighted by molar-refractivity contribution is 0.474. The average Bonchev–Trinajstić information content (AvgIpc) is 2.81. The summed E-state index contributed by atoms with van der Waals surface area (Å²) in [5.74, 6) is 0. The van der Waals surface area contributed by atoms with Gasteiger partial charge in [-0.15, -0.1) is 0 Å². The molecule has 2 rings (SSSR count). The Kier molecular flexibility index (Phi) is 4.33. The van der Waals surface area contributed by atoms with E-state index in [0.29, 0.717) is 9.99 Å². The van der Waals surface area contributed by atoms with E-state index in [1.807, 2.05) is 0 Å². The molecule has 0 aliphatic heterocycles. The zero-order valence-electron chi connectivity index (χ0n) is 10.8. The summed E-state index contributed by atoms with van der Waals surface area (Å²) in [5.41, 5.74) is 0.242. The Balaban J connectivity index is 2.49. The summed E-state index contributed by atoms with van der Waals surface area (Å²) >= 11 is 1.08. The number of nitrogens with two attached hydrogens (primary N) is 1. The maximum atomic E-state index is 11.4. The monoisotopic (exact) mass is 348 g/mol. The lowest BCUT2D eigenvalue weighted by Crippen LogP contribution is -2.14. The first-order valence-electron chi connectivity index (χ1n) is 5.51. The van der Waals surface area contributed by atoms with Crippen molar-refractivity contribution in [2.75, 3.05) is 11.0 Å². The van der Waals surface area contributed by atoms with Gasteiger partial charge in [-0.05, 0) is 42.1 Å². The van der Waals surface area contributed by atoms with Crippen LogP contribution in [0.5, 0.6) is 0 Å². The standard InChI is InChI=1S/C11H12N2O5S3/c1-20(14,15)13-9-5-4-8(21(12,16)17)7-10(9)19-11-3-2-6-18-11/h2-7,13H,1H3,(H2,12,16,17). The van der Waals surface area contributed by atoms with E-state index in [1.165, 1.54) is 24.5 Å². The highest BCUT2D eigenvalue weighted by molar-refractivity contribution is 7.99. The quantitative estimate of drug-likeness (QED) is 0.844. The van der Waals surface area contributed by atoms with E-state index in [1.54, 1.807) is 12.1 Å². The molecule has 3 N–H and O–H groups in total. The molecule has 0 saturated heterocycles. The number of nitrogens with one attached hydrogen (secondary N) is 1. The summed E-state index contributed by atoms with van der Waals surface area (Å²) in [6, 6.07) is 7.19. The van der Waals surface area contributed by atoms with Gasteiger partial charge in [-0.25, -0.2) is 22.0 Å². The molecule has 0 fully saturated rings. The predicted molar refractivity (Wildman–Crippen MR) is 79.1 cm³/mol. The van der Waals surface area contributed by atoms with Gasteiger partial charge in [0.05, 0.1) is 23.1 Å². The number of benzene rings is 1. The molecule has 2 aromatic rings. The average molecular weight is 348 g/mol. The van der Waals surface area contributed by atoms with Crippen molar-refractivity contribution in [1.29, 1.82) is 0 Å². The Morgan fingerprint density at radius 2 is 1.90 bits per heavy atom. The summed E-state index contributed by atoms with van der Waals surface area (Å²) in [6.07, 6.45) is 2.46. The third-order valence-corrected chi connectivity index (χ3v) is 4.78. The Bertz CT molecular complexity index is 842. The highest BCUT2D eigenvalue weighted by Crippen LogP contribution is 2.35. The van der Waals surface area contributed by atoms with Crippen molar-refractivity contribution in [3.8, 4) is 0 Å². The minimum absolute atomic E-state index is 0.115. The molecule has 0 amide bonds. The van der Waals surface area contributed by atoms with Crippen LogP contribution >= 0.6 is 11.8 Å². The molecule has 21 heavy (non-hydrogen) atoms. The first-order valence-corrected chi connectivity index (χ1v) is 9.76. The molecule has 10 heteroatoms. The van der Waals surface area contributed by atoms with Crippen LogP contribution in [-0.4, -0.2) is 23.1 Å². The van der Waals surface area contributed by atoms with E-state index in [4.69, 9.17) is 9.56 Å². The van der Waals surface area contributed by atoms with Crippen molar-refractivity contribution in [3.05, 3.63) is 36.6 Å². The Hall–Kier alpha value is -1.49. The molecular weight excluding hydrogens is 336 g/mol. The van der Waals surface area contributed by atoms with Gasteiger partial charge in [-0.2, -0.15) is 0 Å². The van der Waals surface area contributed by atoms with Gasteiger partial charge >= 0.3 is 0 Å². The van der Waals surface area contributed by atoms with Crippen LogP contribution in [0.2, 0.25) is 0 Å². The number of furan rings is 1. The van der Waals surface area contributed by atoms with Gasteiger partial charge < -0.3 is 4.42 Å². The van der Waals surface area contributed by atoms with E-state index in [2.05, 4.69) is 4.72 Å². The van der Waals surface area contributed by atoms with Crippen LogP contribution in [0.1, 0.15) is 0 Å².